The average molecular weight is 417 g/mol. The third-order valence-corrected chi connectivity index (χ3v) is 3.78. The van der Waals surface area contributed by atoms with Gasteiger partial charge in [0.1, 0.15) is 17.9 Å². The van der Waals surface area contributed by atoms with Gasteiger partial charge in [-0.2, -0.15) is 0 Å². The predicted octanol–water partition coefficient (Wildman–Crippen LogP) is 1.26. The van der Waals surface area contributed by atoms with Crippen LogP contribution in [0.5, 0.6) is 0 Å². The molecular formula is C15H27B7ClF2N2O2. The SMILES string of the molecule is CC(C)(C)OC(=O)N1CCC(F)CC1.FC1CCN(Cl)CC1.[B]B([B])[B].[B][B][B]. The van der Waals surface area contributed by atoms with Crippen LogP contribution in [-0.2, 0) is 4.74 Å². The molecule has 0 unspecified atom stereocenters. The van der Waals surface area contributed by atoms with E-state index in [2.05, 4.69) is 38.7 Å². The number of ether oxygens (including phenoxy) is 1. The van der Waals surface area contributed by atoms with Gasteiger partial charge in [0.15, 0.2) is 0 Å². The molecule has 0 N–H and O–H groups in total. The topological polar surface area (TPSA) is 32.8 Å². The van der Waals surface area contributed by atoms with Crippen molar-refractivity contribution in [1.82, 2.24) is 9.32 Å². The van der Waals surface area contributed by atoms with Gasteiger partial charge in [-0.15, -0.1) is 0 Å². The second-order valence-corrected chi connectivity index (χ2v) is 7.97. The molecule has 0 aromatic rings. The van der Waals surface area contributed by atoms with Crippen LogP contribution in [0, 0.1) is 0 Å². The third-order valence-electron chi connectivity index (χ3n) is 3.45. The molecule has 29 heavy (non-hydrogen) atoms. The number of nitrogens with zero attached hydrogens (tertiary/aromatic N) is 2. The summed E-state index contributed by atoms with van der Waals surface area (Å²) in [7, 11) is 24.0. The van der Waals surface area contributed by atoms with E-state index in [4.69, 9.17) is 16.5 Å². The zero-order valence-corrected chi connectivity index (χ0v) is 18.5. The van der Waals surface area contributed by atoms with Gasteiger partial charge < -0.3 is 9.64 Å². The molecule has 2 fully saturated rings. The Hall–Kier alpha value is -0.165. The fourth-order valence-electron chi connectivity index (χ4n) is 2.17. The molecular weight excluding hydrogens is 389 g/mol. The number of piperidine rings is 2. The zero-order valence-electron chi connectivity index (χ0n) is 17.7. The first kappa shape index (κ1) is 31.0. The first-order chi connectivity index (χ1) is 13.3. The number of hydrogen-bond acceptors (Lipinski definition) is 3. The van der Waals surface area contributed by atoms with Crippen molar-refractivity contribution in [3.63, 3.8) is 0 Å². The lowest BCUT2D eigenvalue weighted by Gasteiger charge is -2.31. The van der Waals surface area contributed by atoms with Crippen molar-refractivity contribution in [3.8, 4) is 0 Å². The van der Waals surface area contributed by atoms with E-state index in [-0.39, 0.29) is 6.09 Å². The lowest BCUT2D eigenvalue weighted by atomic mass is 9.08. The molecule has 4 nitrogen and oxygen atoms in total. The lowest BCUT2D eigenvalue weighted by Crippen LogP contribution is -2.42. The Kier molecular flexibility index (Phi) is 18.7. The van der Waals surface area contributed by atoms with Crippen LogP contribution in [-0.4, -0.2) is 112 Å². The fraction of sp³-hybridized carbons (Fsp3) is 0.933. The van der Waals surface area contributed by atoms with Gasteiger partial charge in [0.05, 0.1) is 0 Å². The Labute approximate surface area is 188 Å². The Morgan fingerprint density at radius 2 is 1.31 bits per heavy atom. The van der Waals surface area contributed by atoms with Gasteiger partial charge in [-0.1, -0.05) is 0 Å². The van der Waals surface area contributed by atoms with Gasteiger partial charge in [-0.25, -0.2) is 18.0 Å². The van der Waals surface area contributed by atoms with Gasteiger partial charge in [-0.3, -0.25) is 0 Å². The summed E-state index contributed by atoms with van der Waals surface area (Å²) in [6.45, 7) is 7.81. The van der Waals surface area contributed by atoms with Gasteiger partial charge in [0.25, 0.3) is 0 Å². The molecule has 1 amide bonds. The number of carbonyl (C=O) groups excluding carboxylic acids is 1. The van der Waals surface area contributed by atoms with Crippen molar-refractivity contribution in [2.24, 2.45) is 0 Å². The van der Waals surface area contributed by atoms with Crippen LogP contribution >= 0.6 is 11.8 Å². The standard InChI is InChI=1S/C10H18FNO2.C5H9ClFN.B4.B3/c1-10(2,3)14-9(13)12-6-4-8(11)5-7-12;6-8-3-1-5(7)2-4-8;1-4(2)3;1-3-2/h8H,4-7H2,1-3H3;5H,1-4H2;;. The van der Waals surface area contributed by atoms with Crippen LogP contribution in [0.4, 0.5) is 13.6 Å². The van der Waals surface area contributed by atoms with Crippen molar-refractivity contribution < 1.29 is 18.3 Å². The highest BCUT2D eigenvalue weighted by Crippen LogP contribution is 2.17. The minimum absolute atomic E-state index is 0.329. The third kappa shape index (κ3) is 22.3. The van der Waals surface area contributed by atoms with E-state index in [9.17, 15) is 13.6 Å². The maximum absolute atomic E-state index is 12.8. The number of hydrogen-bond donors (Lipinski definition) is 0. The number of alkyl halides is 2. The van der Waals surface area contributed by atoms with Gasteiger partial charge >= 0.3 is 6.09 Å². The highest BCUT2D eigenvalue weighted by Gasteiger charge is 2.26. The van der Waals surface area contributed by atoms with Crippen LogP contribution in [0.2, 0.25) is 0 Å². The number of carbonyl (C=O) groups is 1. The molecule has 0 aromatic carbocycles. The molecule has 2 aliphatic heterocycles. The molecule has 0 aliphatic carbocycles. The molecule has 2 saturated heterocycles. The smallest absolute Gasteiger partial charge is 0.410 e. The van der Waals surface area contributed by atoms with Gasteiger partial charge in [0, 0.05) is 78.3 Å². The van der Waals surface area contributed by atoms with Crippen molar-refractivity contribution in [2.45, 2.75) is 64.4 Å². The van der Waals surface area contributed by atoms with Crippen LogP contribution < -0.4 is 0 Å². The average Bonchev–Trinajstić information content (AvgIpc) is 2.57. The minimum atomic E-state index is -0.756. The molecule has 2 rings (SSSR count). The quantitative estimate of drug-likeness (QED) is 0.440. The van der Waals surface area contributed by atoms with E-state index >= 15 is 0 Å². The minimum Gasteiger partial charge on any atom is -0.444 e. The van der Waals surface area contributed by atoms with E-state index in [1.165, 1.54) is 0 Å². The molecule has 2 heterocycles. The number of amides is 1. The molecule has 2 aliphatic rings. The number of halogens is 3. The Balaban J connectivity index is 0. The fourth-order valence-corrected chi connectivity index (χ4v) is 2.37. The second-order valence-electron chi connectivity index (χ2n) is 7.50. The van der Waals surface area contributed by atoms with Crippen molar-refractivity contribution >= 4 is 70.0 Å². The monoisotopic (exact) mass is 417 g/mol. The summed E-state index contributed by atoms with van der Waals surface area (Å²) in [6, 6.07) is 0. The van der Waals surface area contributed by atoms with E-state index in [0.717, 1.165) is 7.06 Å². The highest BCUT2D eigenvalue weighted by atomic mass is 35.5. The molecule has 0 atom stereocenters. The van der Waals surface area contributed by atoms with Crippen molar-refractivity contribution in [3.05, 3.63) is 0 Å². The van der Waals surface area contributed by atoms with E-state index in [1.54, 1.807) is 9.32 Å². The van der Waals surface area contributed by atoms with Crippen LogP contribution in [0.1, 0.15) is 46.5 Å². The summed E-state index contributed by atoms with van der Waals surface area (Å²) in [5, 5.41) is 0. The van der Waals surface area contributed by atoms with Crippen molar-refractivity contribution in [2.75, 3.05) is 26.2 Å². The summed E-state index contributed by atoms with van der Waals surface area (Å²) < 4.78 is 31.9. The summed E-state index contributed by atoms with van der Waals surface area (Å²) >= 11 is 5.55. The van der Waals surface area contributed by atoms with E-state index < -0.39 is 24.3 Å². The molecule has 11 radical (unpaired) electrons. The molecule has 14 heteroatoms. The second kappa shape index (κ2) is 17.5. The first-order valence-corrected chi connectivity index (χ1v) is 9.84. The Bertz CT molecular complexity index is 398. The highest BCUT2D eigenvalue weighted by molar-refractivity contribution is 7.49. The largest absolute Gasteiger partial charge is 0.444 e. The van der Waals surface area contributed by atoms with E-state index in [0.29, 0.717) is 51.9 Å². The van der Waals surface area contributed by atoms with E-state index in [1.807, 2.05) is 20.8 Å². The summed E-state index contributed by atoms with van der Waals surface area (Å²) in [4.78, 5) is 13.1. The first-order valence-electron chi connectivity index (χ1n) is 9.51. The van der Waals surface area contributed by atoms with Gasteiger partial charge in [0.2, 0.25) is 0 Å². The van der Waals surface area contributed by atoms with Crippen LogP contribution in [0.3, 0.4) is 0 Å². The van der Waals surface area contributed by atoms with Crippen molar-refractivity contribution in [1.29, 1.82) is 0 Å². The van der Waals surface area contributed by atoms with Crippen LogP contribution in [0.25, 0.3) is 0 Å². The lowest BCUT2D eigenvalue weighted by molar-refractivity contribution is 0.0168. The zero-order chi connectivity index (χ0) is 23.0. The van der Waals surface area contributed by atoms with Gasteiger partial charge in [-0.05, 0) is 58.2 Å². The van der Waals surface area contributed by atoms with Crippen LogP contribution in [0.15, 0.2) is 0 Å². The molecule has 0 spiro atoms. The predicted molar refractivity (Wildman–Crippen MR) is 124 cm³/mol. The Morgan fingerprint density at radius 3 is 1.59 bits per heavy atom. The number of rotatable bonds is 0. The summed E-state index contributed by atoms with van der Waals surface area (Å²) in [5.74, 6) is 0. The normalized spacial score (nSPS) is 17.9. The maximum Gasteiger partial charge on any atom is 0.410 e. The maximum atomic E-state index is 12.8. The molecule has 151 valence electrons. The molecule has 0 aromatic heterocycles. The summed E-state index contributed by atoms with van der Waals surface area (Å²) in [5.41, 5.74) is -0.469. The Morgan fingerprint density at radius 1 is 1.00 bits per heavy atom. The summed E-state index contributed by atoms with van der Waals surface area (Å²) in [6.07, 6.45) is -0.297. The number of likely N-dealkylation sites (tertiary alicyclic amines) is 1. The molecule has 0 saturated carbocycles. The molecule has 0 bridgehead atoms.